The first-order chi connectivity index (χ1) is 4.29. The molecule has 1 amide bonds. The molecule has 0 bridgehead atoms. The second-order valence-electron chi connectivity index (χ2n) is 3.06. The molecule has 0 aliphatic heterocycles. The van der Waals surface area contributed by atoms with Crippen LogP contribution in [0.2, 0.25) is 0 Å². The van der Waals surface area contributed by atoms with Crippen molar-refractivity contribution in [2.75, 3.05) is 6.61 Å². The molecular weight excluding hydrogens is 134 g/mol. The van der Waals surface area contributed by atoms with Crippen molar-refractivity contribution in [3.05, 3.63) is 0 Å². The molecule has 62 valence electrons. The van der Waals surface area contributed by atoms with Gasteiger partial charge in [0.1, 0.15) is 0 Å². The molecule has 4 heteroatoms. The molecule has 0 radical (unpaired) electrons. The smallest absolute Gasteiger partial charge is 0.402 e. The summed E-state index contributed by atoms with van der Waals surface area (Å²) in [6.45, 7) is 6.25. The van der Waals surface area contributed by atoms with Crippen molar-refractivity contribution in [3.8, 4) is 0 Å². The van der Waals surface area contributed by atoms with Gasteiger partial charge in [0.05, 0.1) is 0 Å². The van der Waals surface area contributed by atoms with Crippen molar-refractivity contribution in [2.24, 2.45) is 11.1 Å². The van der Waals surface area contributed by atoms with Crippen LogP contribution in [0.25, 0.3) is 0 Å². The second-order valence-corrected chi connectivity index (χ2v) is 3.06. The number of carboxylic acid groups (broad SMARTS) is 1. The average Bonchev–Trinajstić information content (AvgIpc) is 1.63. The molecule has 4 N–H and O–H groups in total. The highest BCUT2D eigenvalue weighted by molar-refractivity contribution is 5.61. The lowest BCUT2D eigenvalue weighted by Gasteiger charge is -2.11. The molecule has 0 spiro atoms. The average molecular weight is 149 g/mol. The van der Waals surface area contributed by atoms with Crippen LogP contribution < -0.4 is 5.73 Å². The summed E-state index contributed by atoms with van der Waals surface area (Å²) in [5.41, 5.74) is 4.12. The highest BCUT2D eigenvalue weighted by atomic mass is 16.4. The number of aliphatic hydroxyl groups is 1. The first kappa shape index (κ1) is 12.0. The van der Waals surface area contributed by atoms with Crippen molar-refractivity contribution < 1.29 is 15.0 Å². The molecule has 10 heavy (non-hydrogen) atoms. The van der Waals surface area contributed by atoms with Gasteiger partial charge in [-0.2, -0.15) is 0 Å². The lowest BCUT2D eigenvalue weighted by atomic mass is 9.99. The van der Waals surface area contributed by atoms with E-state index in [4.69, 9.17) is 15.0 Å². The van der Waals surface area contributed by atoms with Gasteiger partial charge >= 0.3 is 6.09 Å². The van der Waals surface area contributed by atoms with E-state index in [9.17, 15) is 0 Å². The third-order valence-electron chi connectivity index (χ3n) is 0.474. The van der Waals surface area contributed by atoms with Gasteiger partial charge < -0.3 is 15.9 Å². The van der Waals surface area contributed by atoms with E-state index >= 15 is 0 Å². The number of aliphatic hydroxyl groups excluding tert-OH is 1. The molecule has 0 fully saturated rings. The Morgan fingerprint density at radius 1 is 1.50 bits per heavy atom. The van der Waals surface area contributed by atoms with Gasteiger partial charge in [-0.3, -0.25) is 0 Å². The summed E-state index contributed by atoms with van der Waals surface area (Å²) in [5.74, 6) is 0. The number of hydrogen-bond acceptors (Lipinski definition) is 2. The molecule has 0 saturated heterocycles. The zero-order valence-electron chi connectivity index (χ0n) is 6.59. The van der Waals surface area contributed by atoms with E-state index in [1.807, 2.05) is 20.8 Å². The molecule has 0 unspecified atom stereocenters. The number of primary amides is 1. The molecule has 0 saturated carbocycles. The Labute approximate surface area is 60.7 Å². The van der Waals surface area contributed by atoms with Gasteiger partial charge in [0.2, 0.25) is 0 Å². The Morgan fingerprint density at radius 2 is 1.60 bits per heavy atom. The van der Waals surface area contributed by atoms with Gasteiger partial charge in [-0.05, 0) is 5.41 Å². The van der Waals surface area contributed by atoms with Crippen LogP contribution >= 0.6 is 0 Å². The summed E-state index contributed by atoms with van der Waals surface area (Å²) >= 11 is 0. The standard InChI is InChI=1S/C5H12O.CH3NO2/c1-5(2,3)4-6;2-1(3)4/h6H,4H2,1-3H3;2H2,(H,3,4). The lowest BCUT2D eigenvalue weighted by molar-refractivity contribution is 0.177. The molecule has 0 heterocycles. The first-order valence-corrected chi connectivity index (χ1v) is 2.89. The molecule has 0 aliphatic rings. The van der Waals surface area contributed by atoms with E-state index in [1.54, 1.807) is 0 Å². The van der Waals surface area contributed by atoms with Crippen molar-refractivity contribution in [1.29, 1.82) is 0 Å². The molecule has 0 aromatic heterocycles. The Bertz CT molecular complexity index is 91.7. The van der Waals surface area contributed by atoms with Crippen molar-refractivity contribution in [3.63, 3.8) is 0 Å². The molecule has 0 aromatic rings. The zero-order valence-corrected chi connectivity index (χ0v) is 6.59. The maximum absolute atomic E-state index is 8.78. The van der Waals surface area contributed by atoms with Gasteiger partial charge in [0, 0.05) is 6.61 Å². The highest BCUT2D eigenvalue weighted by Gasteiger charge is 2.05. The van der Waals surface area contributed by atoms with Crippen LogP contribution in [0.4, 0.5) is 4.79 Å². The number of amides is 1. The van der Waals surface area contributed by atoms with Crippen LogP contribution in [-0.2, 0) is 0 Å². The maximum Gasteiger partial charge on any atom is 0.402 e. The van der Waals surface area contributed by atoms with Gasteiger partial charge in [-0.15, -0.1) is 0 Å². The summed E-state index contributed by atoms with van der Waals surface area (Å²) in [5, 5.41) is 15.6. The van der Waals surface area contributed by atoms with E-state index in [1.165, 1.54) is 0 Å². The minimum absolute atomic E-state index is 0.0972. The Kier molecular flexibility index (Phi) is 6.04. The molecule has 4 nitrogen and oxygen atoms in total. The van der Waals surface area contributed by atoms with E-state index in [0.29, 0.717) is 0 Å². The predicted molar refractivity (Wildman–Crippen MR) is 38.8 cm³/mol. The number of carbonyl (C=O) groups is 1. The van der Waals surface area contributed by atoms with Gasteiger partial charge in [0.15, 0.2) is 0 Å². The van der Waals surface area contributed by atoms with Crippen LogP contribution in [-0.4, -0.2) is 22.9 Å². The van der Waals surface area contributed by atoms with Gasteiger partial charge in [-0.25, -0.2) is 4.79 Å². The van der Waals surface area contributed by atoms with E-state index in [2.05, 4.69) is 5.73 Å². The normalized spacial score (nSPS) is 9.60. The van der Waals surface area contributed by atoms with Crippen LogP contribution in [0, 0.1) is 5.41 Å². The van der Waals surface area contributed by atoms with Crippen molar-refractivity contribution in [2.45, 2.75) is 20.8 Å². The van der Waals surface area contributed by atoms with E-state index in [0.717, 1.165) is 0 Å². The number of nitrogens with two attached hydrogens (primary N) is 1. The summed E-state index contributed by atoms with van der Waals surface area (Å²) in [7, 11) is 0. The first-order valence-electron chi connectivity index (χ1n) is 2.89. The molecule has 0 aliphatic carbocycles. The quantitative estimate of drug-likeness (QED) is 0.472. The van der Waals surface area contributed by atoms with Gasteiger partial charge in [-0.1, -0.05) is 20.8 Å². The largest absolute Gasteiger partial charge is 0.465 e. The molecule has 0 aromatic carbocycles. The van der Waals surface area contributed by atoms with E-state index < -0.39 is 6.09 Å². The SMILES string of the molecule is CC(C)(C)CO.NC(=O)O. The fourth-order valence-corrected chi connectivity index (χ4v) is 0. The van der Waals surface area contributed by atoms with Crippen molar-refractivity contribution >= 4 is 6.09 Å². The Hall–Kier alpha value is -0.770. The third kappa shape index (κ3) is 56.4. The maximum atomic E-state index is 8.78. The summed E-state index contributed by atoms with van der Waals surface area (Å²) in [4.78, 5) is 8.78. The predicted octanol–water partition coefficient (Wildman–Crippen LogP) is 0.648. The second kappa shape index (κ2) is 5.05. The Balaban J connectivity index is 0. The zero-order chi connectivity index (χ0) is 8.78. The topological polar surface area (TPSA) is 83.5 Å². The molecule has 0 rings (SSSR count). The minimum Gasteiger partial charge on any atom is -0.465 e. The minimum atomic E-state index is -1.33. The summed E-state index contributed by atoms with van der Waals surface area (Å²) in [6.07, 6.45) is -1.33. The monoisotopic (exact) mass is 149 g/mol. The van der Waals surface area contributed by atoms with Crippen LogP contribution in [0.1, 0.15) is 20.8 Å². The van der Waals surface area contributed by atoms with Gasteiger partial charge in [0.25, 0.3) is 0 Å². The third-order valence-corrected chi connectivity index (χ3v) is 0.474. The highest BCUT2D eigenvalue weighted by Crippen LogP contribution is 2.09. The fraction of sp³-hybridized carbons (Fsp3) is 0.833. The summed E-state index contributed by atoms with van der Waals surface area (Å²) < 4.78 is 0. The number of hydrogen-bond donors (Lipinski definition) is 3. The van der Waals surface area contributed by atoms with E-state index in [-0.39, 0.29) is 12.0 Å². The summed E-state index contributed by atoms with van der Waals surface area (Å²) in [6, 6.07) is 0. The lowest BCUT2D eigenvalue weighted by Crippen LogP contribution is -2.09. The Morgan fingerprint density at radius 3 is 1.60 bits per heavy atom. The molecular formula is C6H15NO3. The van der Waals surface area contributed by atoms with Crippen LogP contribution in [0.15, 0.2) is 0 Å². The van der Waals surface area contributed by atoms with Crippen molar-refractivity contribution in [1.82, 2.24) is 0 Å². The fourth-order valence-electron chi connectivity index (χ4n) is 0. The number of rotatable bonds is 0. The molecule has 0 atom stereocenters. The van der Waals surface area contributed by atoms with Crippen LogP contribution in [0.3, 0.4) is 0 Å². The van der Waals surface area contributed by atoms with Crippen LogP contribution in [0.5, 0.6) is 0 Å².